The van der Waals surface area contributed by atoms with Gasteiger partial charge in [-0.1, -0.05) is 36.0 Å². The van der Waals surface area contributed by atoms with Crippen LogP contribution in [0.2, 0.25) is 0 Å². The molecule has 1 fully saturated rings. The van der Waals surface area contributed by atoms with Crippen LogP contribution in [0, 0.1) is 0 Å². The Balaban J connectivity index is 1.34. The lowest BCUT2D eigenvalue weighted by Gasteiger charge is -2.33. The number of nitrogens with zero attached hydrogens (tertiary/aromatic N) is 3. The van der Waals surface area contributed by atoms with Gasteiger partial charge in [0.05, 0.1) is 17.3 Å². The maximum Gasteiger partial charge on any atom is 0.253 e. The van der Waals surface area contributed by atoms with Crippen LogP contribution in [0.15, 0.2) is 53.7 Å². The Labute approximate surface area is 174 Å². The molecule has 0 atom stereocenters. The number of imidazole rings is 1. The molecule has 1 saturated heterocycles. The molecule has 1 aliphatic heterocycles. The Hall–Kier alpha value is -2.36. The second-order valence-corrected chi connectivity index (χ2v) is 9.95. The molecule has 0 unspecified atom stereocenters. The van der Waals surface area contributed by atoms with Gasteiger partial charge in [-0.3, -0.25) is 4.79 Å². The summed E-state index contributed by atoms with van der Waals surface area (Å²) >= 11 is 1.62. The standard InChI is InChI=1S/C20H22N4O3S2/c1-29(26,27)24-12-10-23(11-13-24)19(25)16-8-6-15(7-9-16)14-28-20-21-17-4-2-3-5-18(17)22-20/h2-9H,10-14H2,1H3,(H,21,22). The van der Waals surface area contributed by atoms with E-state index in [9.17, 15) is 13.2 Å². The molecule has 0 radical (unpaired) electrons. The summed E-state index contributed by atoms with van der Waals surface area (Å²) in [4.78, 5) is 22.2. The third-order valence-corrected chi connectivity index (χ3v) is 7.19. The molecule has 1 amide bonds. The highest BCUT2D eigenvalue weighted by molar-refractivity contribution is 7.98. The number of thioether (sulfide) groups is 1. The Morgan fingerprint density at radius 3 is 2.41 bits per heavy atom. The fraction of sp³-hybridized carbons (Fsp3) is 0.300. The Bertz CT molecular complexity index is 1090. The first-order chi connectivity index (χ1) is 13.9. The van der Waals surface area contributed by atoms with Gasteiger partial charge in [0, 0.05) is 37.5 Å². The minimum absolute atomic E-state index is 0.0605. The van der Waals surface area contributed by atoms with Crippen LogP contribution in [0.25, 0.3) is 11.0 Å². The smallest absolute Gasteiger partial charge is 0.253 e. The number of aromatic nitrogens is 2. The lowest BCUT2D eigenvalue weighted by atomic mass is 10.1. The van der Waals surface area contributed by atoms with Crippen molar-refractivity contribution < 1.29 is 13.2 Å². The number of benzene rings is 2. The summed E-state index contributed by atoms with van der Waals surface area (Å²) < 4.78 is 24.6. The number of rotatable bonds is 5. The molecule has 29 heavy (non-hydrogen) atoms. The van der Waals surface area contributed by atoms with Gasteiger partial charge in [0.1, 0.15) is 0 Å². The summed E-state index contributed by atoms with van der Waals surface area (Å²) in [5.41, 5.74) is 3.70. The molecule has 0 aliphatic carbocycles. The third-order valence-electron chi connectivity index (χ3n) is 4.94. The Morgan fingerprint density at radius 1 is 1.07 bits per heavy atom. The molecule has 152 valence electrons. The number of hydrogen-bond donors (Lipinski definition) is 1. The second kappa shape index (κ2) is 8.17. The quantitative estimate of drug-likeness (QED) is 0.629. The van der Waals surface area contributed by atoms with E-state index in [2.05, 4.69) is 9.97 Å². The highest BCUT2D eigenvalue weighted by atomic mass is 32.2. The van der Waals surface area contributed by atoms with Crippen LogP contribution in [0.3, 0.4) is 0 Å². The van der Waals surface area contributed by atoms with Crippen molar-refractivity contribution in [2.45, 2.75) is 10.9 Å². The molecule has 1 aromatic heterocycles. The molecule has 1 aliphatic rings. The van der Waals surface area contributed by atoms with Gasteiger partial charge in [-0.25, -0.2) is 13.4 Å². The molecule has 3 aromatic rings. The number of piperazine rings is 1. The van der Waals surface area contributed by atoms with Crippen LogP contribution in [-0.2, 0) is 15.8 Å². The van der Waals surface area contributed by atoms with Gasteiger partial charge >= 0.3 is 0 Å². The third kappa shape index (κ3) is 4.63. The second-order valence-electron chi connectivity index (χ2n) is 7.00. The largest absolute Gasteiger partial charge is 0.336 e. The topological polar surface area (TPSA) is 86.4 Å². The van der Waals surface area contributed by atoms with Gasteiger partial charge in [-0.05, 0) is 29.8 Å². The van der Waals surface area contributed by atoms with Crippen molar-refractivity contribution in [1.82, 2.24) is 19.2 Å². The number of fused-ring (bicyclic) bond motifs is 1. The summed E-state index contributed by atoms with van der Waals surface area (Å²) in [7, 11) is -3.20. The molecule has 4 rings (SSSR count). The van der Waals surface area contributed by atoms with Crippen LogP contribution in [0.4, 0.5) is 0 Å². The average Bonchev–Trinajstić information content (AvgIpc) is 3.15. The van der Waals surface area contributed by atoms with Gasteiger partial charge < -0.3 is 9.88 Å². The molecule has 0 spiro atoms. The molecule has 0 saturated carbocycles. The number of carbonyl (C=O) groups is 1. The van der Waals surface area contributed by atoms with Gasteiger partial charge in [0.15, 0.2) is 5.16 Å². The van der Waals surface area contributed by atoms with Crippen LogP contribution in [0.5, 0.6) is 0 Å². The Morgan fingerprint density at radius 2 is 1.76 bits per heavy atom. The van der Waals surface area contributed by atoms with Crippen molar-refractivity contribution in [2.75, 3.05) is 32.4 Å². The fourth-order valence-electron chi connectivity index (χ4n) is 3.30. The number of hydrogen-bond acceptors (Lipinski definition) is 5. The van der Waals surface area contributed by atoms with Crippen molar-refractivity contribution in [3.63, 3.8) is 0 Å². The summed E-state index contributed by atoms with van der Waals surface area (Å²) in [6.45, 7) is 1.51. The summed E-state index contributed by atoms with van der Waals surface area (Å²) in [5.74, 6) is 0.691. The van der Waals surface area contributed by atoms with Crippen LogP contribution < -0.4 is 0 Å². The molecule has 0 bridgehead atoms. The van der Waals surface area contributed by atoms with Crippen molar-refractivity contribution >= 4 is 38.7 Å². The molecular weight excluding hydrogens is 408 g/mol. The lowest BCUT2D eigenvalue weighted by Crippen LogP contribution is -2.50. The van der Waals surface area contributed by atoms with E-state index in [1.54, 1.807) is 16.7 Å². The molecule has 9 heteroatoms. The zero-order valence-electron chi connectivity index (χ0n) is 16.0. The predicted molar refractivity (Wildman–Crippen MR) is 114 cm³/mol. The van der Waals surface area contributed by atoms with Crippen LogP contribution in [-0.4, -0.2) is 65.9 Å². The fourth-order valence-corrected chi connectivity index (χ4v) is 4.97. The number of H-pyrrole nitrogens is 1. The monoisotopic (exact) mass is 430 g/mol. The van der Waals surface area contributed by atoms with Gasteiger partial charge in [-0.2, -0.15) is 4.31 Å². The van der Waals surface area contributed by atoms with E-state index < -0.39 is 10.0 Å². The Kier molecular flexibility index (Phi) is 5.62. The SMILES string of the molecule is CS(=O)(=O)N1CCN(C(=O)c2ccc(CSc3nc4ccccc4[nH]3)cc2)CC1. The first-order valence-electron chi connectivity index (χ1n) is 9.31. The van der Waals surface area contributed by atoms with Crippen molar-refractivity contribution in [3.8, 4) is 0 Å². The number of nitrogens with one attached hydrogen (secondary N) is 1. The zero-order chi connectivity index (χ0) is 20.4. The highest BCUT2D eigenvalue weighted by Gasteiger charge is 2.26. The minimum atomic E-state index is -3.20. The van der Waals surface area contributed by atoms with Gasteiger partial charge in [0.25, 0.3) is 5.91 Å². The highest BCUT2D eigenvalue weighted by Crippen LogP contribution is 2.23. The van der Waals surface area contributed by atoms with Gasteiger partial charge in [-0.15, -0.1) is 0 Å². The molecule has 7 nitrogen and oxygen atoms in total. The number of aromatic amines is 1. The molecule has 2 heterocycles. The molecule has 1 N–H and O–H groups in total. The summed E-state index contributed by atoms with van der Waals surface area (Å²) in [6.07, 6.45) is 1.20. The van der Waals surface area contributed by atoms with Crippen molar-refractivity contribution in [1.29, 1.82) is 0 Å². The predicted octanol–water partition coefficient (Wildman–Crippen LogP) is 2.57. The van der Waals surface area contributed by atoms with Crippen molar-refractivity contribution in [2.24, 2.45) is 0 Å². The van der Waals surface area contributed by atoms with E-state index in [1.165, 1.54) is 10.6 Å². The normalized spacial score (nSPS) is 15.7. The first-order valence-corrected chi connectivity index (χ1v) is 12.1. The summed E-state index contributed by atoms with van der Waals surface area (Å²) in [5, 5.41) is 0.870. The number of carbonyl (C=O) groups excluding carboxylic acids is 1. The maximum absolute atomic E-state index is 12.7. The molecular formula is C20H22N4O3S2. The van der Waals surface area contributed by atoms with E-state index in [0.717, 1.165) is 27.5 Å². The number of para-hydroxylation sites is 2. The van der Waals surface area contributed by atoms with Gasteiger partial charge in [0.2, 0.25) is 10.0 Å². The van der Waals surface area contributed by atoms with E-state index in [0.29, 0.717) is 31.7 Å². The zero-order valence-corrected chi connectivity index (χ0v) is 17.7. The minimum Gasteiger partial charge on any atom is -0.336 e. The average molecular weight is 431 g/mol. The van der Waals surface area contributed by atoms with E-state index >= 15 is 0 Å². The maximum atomic E-state index is 12.7. The number of sulfonamides is 1. The van der Waals surface area contributed by atoms with E-state index in [-0.39, 0.29) is 5.91 Å². The first kappa shape index (κ1) is 19.9. The van der Waals surface area contributed by atoms with Crippen molar-refractivity contribution in [3.05, 3.63) is 59.7 Å². The van der Waals surface area contributed by atoms with E-state index in [1.807, 2.05) is 48.5 Å². The van der Waals surface area contributed by atoms with Crippen LogP contribution >= 0.6 is 11.8 Å². The number of amides is 1. The van der Waals surface area contributed by atoms with Crippen LogP contribution in [0.1, 0.15) is 15.9 Å². The molecule has 2 aromatic carbocycles. The summed E-state index contributed by atoms with van der Waals surface area (Å²) in [6, 6.07) is 15.5. The lowest BCUT2D eigenvalue weighted by molar-refractivity contribution is 0.0698. The van der Waals surface area contributed by atoms with E-state index in [4.69, 9.17) is 0 Å².